The molecule has 1 fully saturated rings. The minimum absolute atomic E-state index is 0.0324. The third kappa shape index (κ3) is 4.04. The highest BCUT2D eigenvalue weighted by atomic mass is 16.7. The van der Waals surface area contributed by atoms with E-state index in [1.807, 2.05) is 0 Å². The van der Waals surface area contributed by atoms with E-state index >= 15 is 0 Å². The first kappa shape index (κ1) is 9.96. The fourth-order valence-electron chi connectivity index (χ4n) is 1.19. The second kappa shape index (κ2) is 5.51. The fourth-order valence-corrected chi connectivity index (χ4v) is 1.19. The van der Waals surface area contributed by atoms with Gasteiger partial charge in [-0.3, -0.25) is 0 Å². The van der Waals surface area contributed by atoms with Crippen molar-refractivity contribution in [3.63, 3.8) is 0 Å². The maximum absolute atomic E-state index is 5.40. The van der Waals surface area contributed by atoms with Crippen LogP contribution in [0.3, 0.4) is 0 Å². The molecule has 1 saturated heterocycles. The number of rotatable bonds is 4. The van der Waals surface area contributed by atoms with Crippen LogP contribution in [0.25, 0.3) is 0 Å². The van der Waals surface area contributed by atoms with Crippen LogP contribution in [0, 0.1) is 0 Å². The van der Waals surface area contributed by atoms with Crippen LogP contribution < -0.4 is 5.32 Å². The average Bonchev–Trinajstić information content (AvgIpc) is 2.05. The Bertz CT molecular complexity index is 111. The molecule has 0 aromatic carbocycles. The Balaban J connectivity index is 1.98. The first-order valence-corrected chi connectivity index (χ1v) is 4.75. The van der Waals surface area contributed by atoms with Gasteiger partial charge in [0.2, 0.25) is 0 Å². The molecule has 0 atom stereocenters. The molecule has 0 saturated carbocycles. The van der Waals surface area contributed by atoms with Crippen molar-refractivity contribution in [2.75, 3.05) is 19.8 Å². The standard InChI is InChI=1S/C9H19NO2/c1-8(2)10-5-4-9-11-6-3-7-12-9/h8-10H,3-7H2,1-2H3. The lowest BCUT2D eigenvalue weighted by atomic mass is 10.3. The summed E-state index contributed by atoms with van der Waals surface area (Å²) < 4.78 is 10.8. The summed E-state index contributed by atoms with van der Waals surface area (Å²) in [6.45, 7) is 6.96. The number of hydrogen-bond acceptors (Lipinski definition) is 3. The summed E-state index contributed by atoms with van der Waals surface area (Å²) >= 11 is 0. The summed E-state index contributed by atoms with van der Waals surface area (Å²) in [6, 6.07) is 0.550. The quantitative estimate of drug-likeness (QED) is 0.691. The molecule has 0 spiro atoms. The molecule has 1 N–H and O–H groups in total. The normalized spacial score (nSPS) is 20.2. The van der Waals surface area contributed by atoms with Crippen molar-refractivity contribution >= 4 is 0 Å². The van der Waals surface area contributed by atoms with Gasteiger partial charge < -0.3 is 14.8 Å². The summed E-state index contributed by atoms with van der Waals surface area (Å²) in [5, 5.41) is 3.33. The zero-order valence-corrected chi connectivity index (χ0v) is 8.01. The maximum Gasteiger partial charge on any atom is 0.158 e. The Morgan fingerprint density at radius 1 is 1.33 bits per heavy atom. The highest BCUT2D eigenvalue weighted by molar-refractivity contribution is 4.57. The smallest absolute Gasteiger partial charge is 0.158 e. The summed E-state index contributed by atoms with van der Waals surface area (Å²) in [4.78, 5) is 0. The third-order valence-electron chi connectivity index (χ3n) is 1.83. The van der Waals surface area contributed by atoms with E-state index in [9.17, 15) is 0 Å². The molecule has 0 unspecified atom stereocenters. The maximum atomic E-state index is 5.40. The summed E-state index contributed by atoms with van der Waals surface area (Å²) in [7, 11) is 0. The lowest BCUT2D eigenvalue weighted by Gasteiger charge is -2.23. The average molecular weight is 173 g/mol. The van der Waals surface area contributed by atoms with Crippen LogP contribution in [0.15, 0.2) is 0 Å². The van der Waals surface area contributed by atoms with Crippen molar-refractivity contribution in [2.24, 2.45) is 0 Å². The van der Waals surface area contributed by atoms with E-state index in [4.69, 9.17) is 9.47 Å². The van der Waals surface area contributed by atoms with Crippen molar-refractivity contribution in [1.29, 1.82) is 0 Å². The second-order valence-corrected chi connectivity index (χ2v) is 3.42. The second-order valence-electron chi connectivity index (χ2n) is 3.42. The highest BCUT2D eigenvalue weighted by Crippen LogP contribution is 2.07. The molecule has 0 aromatic heterocycles. The van der Waals surface area contributed by atoms with E-state index in [1.165, 1.54) is 0 Å². The van der Waals surface area contributed by atoms with Crippen LogP contribution in [0.5, 0.6) is 0 Å². The Morgan fingerprint density at radius 3 is 2.58 bits per heavy atom. The van der Waals surface area contributed by atoms with E-state index in [0.29, 0.717) is 6.04 Å². The predicted molar refractivity (Wildman–Crippen MR) is 48.1 cm³/mol. The van der Waals surface area contributed by atoms with Crippen LogP contribution in [0.1, 0.15) is 26.7 Å². The Morgan fingerprint density at radius 2 is 2.00 bits per heavy atom. The Labute approximate surface area is 74.4 Å². The molecular formula is C9H19NO2. The van der Waals surface area contributed by atoms with Gasteiger partial charge in [-0.1, -0.05) is 13.8 Å². The lowest BCUT2D eigenvalue weighted by molar-refractivity contribution is -0.180. The first-order chi connectivity index (χ1) is 5.79. The minimum atomic E-state index is 0.0324. The minimum Gasteiger partial charge on any atom is -0.353 e. The summed E-state index contributed by atoms with van der Waals surface area (Å²) in [5.74, 6) is 0. The largest absolute Gasteiger partial charge is 0.353 e. The van der Waals surface area contributed by atoms with Crippen LogP contribution in [-0.2, 0) is 9.47 Å². The number of ether oxygens (including phenoxy) is 2. The third-order valence-corrected chi connectivity index (χ3v) is 1.83. The van der Waals surface area contributed by atoms with E-state index in [-0.39, 0.29) is 6.29 Å². The molecule has 1 aliphatic rings. The van der Waals surface area contributed by atoms with Gasteiger partial charge in [0.05, 0.1) is 13.2 Å². The van der Waals surface area contributed by atoms with Gasteiger partial charge in [-0.2, -0.15) is 0 Å². The van der Waals surface area contributed by atoms with Crippen molar-refractivity contribution in [3.05, 3.63) is 0 Å². The monoisotopic (exact) mass is 173 g/mol. The molecule has 3 heteroatoms. The molecule has 12 heavy (non-hydrogen) atoms. The first-order valence-electron chi connectivity index (χ1n) is 4.75. The van der Waals surface area contributed by atoms with E-state index in [0.717, 1.165) is 32.6 Å². The molecular weight excluding hydrogens is 154 g/mol. The zero-order chi connectivity index (χ0) is 8.81. The SMILES string of the molecule is CC(C)NCCC1OCCCO1. The van der Waals surface area contributed by atoms with Crippen LogP contribution >= 0.6 is 0 Å². The van der Waals surface area contributed by atoms with Crippen LogP contribution in [0.2, 0.25) is 0 Å². The van der Waals surface area contributed by atoms with Crippen LogP contribution in [0.4, 0.5) is 0 Å². The van der Waals surface area contributed by atoms with E-state index < -0.39 is 0 Å². The van der Waals surface area contributed by atoms with Gasteiger partial charge in [0, 0.05) is 19.0 Å². The van der Waals surface area contributed by atoms with Gasteiger partial charge in [0.25, 0.3) is 0 Å². The molecule has 1 rings (SSSR count). The van der Waals surface area contributed by atoms with Crippen molar-refractivity contribution in [1.82, 2.24) is 5.32 Å². The fraction of sp³-hybridized carbons (Fsp3) is 1.00. The Hall–Kier alpha value is -0.120. The predicted octanol–water partition coefficient (Wildman–Crippen LogP) is 1.14. The molecule has 0 radical (unpaired) electrons. The van der Waals surface area contributed by atoms with Gasteiger partial charge >= 0.3 is 0 Å². The topological polar surface area (TPSA) is 30.5 Å². The zero-order valence-electron chi connectivity index (χ0n) is 8.01. The highest BCUT2D eigenvalue weighted by Gasteiger charge is 2.12. The molecule has 0 aromatic rings. The van der Waals surface area contributed by atoms with E-state index in [1.54, 1.807) is 0 Å². The van der Waals surface area contributed by atoms with E-state index in [2.05, 4.69) is 19.2 Å². The van der Waals surface area contributed by atoms with Crippen molar-refractivity contribution in [2.45, 2.75) is 39.0 Å². The lowest BCUT2D eigenvalue weighted by Crippen LogP contribution is -2.31. The summed E-state index contributed by atoms with van der Waals surface area (Å²) in [6.07, 6.45) is 2.02. The van der Waals surface area contributed by atoms with Gasteiger partial charge in [-0.05, 0) is 6.42 Å². The molecule has 1 heterocycles. The van der Waals surface area contributed by atoms with Gasteiger partial charge in [0.1, 0.15) is 0 Å². The summed E-state index contributed by atoms with van der Waals surface area (Å²) in [5.41, 5.74) is 0. The molecule has 0 bridgehead atoms. The Kier molecular flexibility index (Phi) is 4.58. The van der Waals surface area contributed by atoms with Gasteiger partial charge in [0.15, 0.2) is 6.29 Å². The molecule has 0 aliphatic carbocycles. The van der Waals surface area contributed by atoms with Gasteiger partial charge in [-0.15, -0.1) is 0 Å². The van der Waals surface area contributed by atoms with Crippen molar-refractivity contribution in [3.8, 4) is 0 Å². The van der Waals surface area contributed by atoms with Crippen LogP contribution in [-0.4, -0.2) is 32.1 Å². The molecule has 0 amide bonds. The van der Waals surface area contributed by atoms with Crippen molar-refractivity contribution < 1.29 is 9.47 Å². The number of nitrogens with one attached hydrogen (secondary N) is 1. The molecule has 1 aliphatic heterocycles. The number of hydrogen-bond donors (Lipinski definition) is 1. The van der Waals surface area contributed by atoms with Gasteiger partial charge in [-0.25, -0.2) is 0 Å². The molecule has 72 valence electrons. The molecule has 3 nitrogen and oxygen atoms in total.